The molecule has 0 aliphatic heterocycles. The summed E-state index contributed by atoms with van der Waals surface area (Å²) >= 11 is 0. The topological polar surface area (TPSA) is 61.5 Å². The van der Waals surface area contributed by atoms with Crippen molar-refractivity contribution in [3.63, 3.8) is 0 Å². The number of aromatic amines is 1. The van der Waals surface area contributed by atoms with Crippen LogP contribution in [0.15, 0.2) is 6.20 Å². The summed E-state index contributed by atoms with van der Waals surface area (Å²) in [5.41, 5.74) is 2.05. The number of rotatable bonds is 7. The summed E-state index contributed by atoms with van der Waals surface area (Å²) in [6, 6.07) is 0. The van der Waals surface area contributed by atoms with E-state index in [4.69, 9.17) is 4.74 Å². The highest BCUT2D eigenvalue weighted by Crippen LogP contribution is 2.06. The minimum atomic E-state index is 0.0919. The number of ether oxygens (including phenoxy) is 1. The summed E-state index contributed by atoms with van der Waals surface area (Å²) < 4.78 is 4.98. The molecule has 0 unspecified atom stereocenters. The van der Waals surface area contributed by atoms with Crippen LogP contribution in [0, 0.1) is 6.92 Å². The molecule has 0 saturated heterocycles. The Kier molecular flexibility index (Phi) is 5.80. The number of hydrogen-bond donors (Lipinski definition) is 1. The third-order valence-electron chi connectivity index (χ3n) is 2.85. The highest BCUT2D eigenvalue weighted by molar-refractivity contribution is 5.77. The average molecular weight is 254 g/mol. The highest BCUT2D eigenvalue weighted by atomic mass is 16.5. The van der Waals surface area contributed by atoms with Crippen molar-refractivity contribution in [3.8, 4) is 0 Å². The molecule has 1 amide bonds. The number of carbonyl (C=O) groups is 1. The van der Waals surface area contributed by atoms with Gasteiger partial charge in [-0.05, 0) is 14.0 Å². The largest absolute Gasteiger partial charge is 0.383 e. The van der Waals surface area contributed by atoms with Crippen molar-refractivity contribution in [2.75, 3.05) is 40.9 Å². The minimum absolute atomic E-state index is 0.0919. The number of hydrogen-bond acceptors (Lipinski definition) is 4. The molecule has 1 N–H and O–H groups in total. The van der Waals surface area contributed by atoms with Gasteiger partial charge in [-0.2, -0.15) is 5.10 Å². The van der Waals surface area contributed by atoms with Gasteiger partial charge in [0.25, 0.3) is 0 Å². The maximum absolute atomic E-state index is 12.0. The van der Waals surface area contributed by atoms with Crippen LogP contribution in [0.5, 0.6) is 0 Å². The molecule has 1 aromatic rings. The fraction of sp³-hybridized carbons (Fsp3) is 0.667. The molecule has 0 fully saturated rings. The molecule has 6 heteroatoms. The van der Waals surface area contributed by atoms with Crippen LogP contribution in [0.25, 0.3) is 0 Å². The van der Waals surface area contributed by atoms with Gasteiger partial charge in [0.15, 0.2) is 0 Å². The number of methoxy groups -OCH3 is 1. The standard InChI is InChI=1S/C12H22N4O2/c1-10-11(7-13-14-10)8-16(3)12(17)9-15(2)5-6-18-4/h7H,5-6,8-9H2,1-4H3,(H,13,14). The molecule has 18 heavy (non-hydrogen) atoms. The number of aromatic nitrogens is 2. The van der Waals surface area contributed by atoms with Crippen LogP contribution >= 0.6 is 0 Å². The van der Waals surface area contributed by atoms with Gasteiger partial charge in [0.2, 0.25) is 5.91 Å². The Labute approximate surface area is 108 Å². The molecule has 0 aliphatic rings. The van der Waals surface area contributed by atoms with E-state index in [0.717, 1.165) is 17.8 Å². The molecular formula is C12H22N4O2. The third kappa shape index (κ3) is 4.46. The lowest BCUT2D eigenvalue weighted by molar-refractivity contribution is -0.131. The van der Waals surface area contributed by atoms with E-state index in [2.05, 4.69) is 10.2 Å². The van der Waals surface area contributed by atoms with Crippen LogP contribution in [-0.2, 0) is 16.1 Å². The van der Waals surface area contributed by atoms with E-state index >= 15 is 0 Å². The fourth-order valence-corrected chi connectivity index (χ4v) is 1.56. The van der Waals surface area contributed by atoms with Gasteiger partial charge >= 0.3 is 0 Å². The zero-order valence-corrected chi connectivity index (χ0v) is 11.6. The van der Waals surface area contributed by atoms with Crippen molar-refractivity contribution >= 4 is 5.91 Å². The number of amides is 1. The van der Waals surface area contributed by atoms with E-state index in [1.807, 2.05) is 18.9 Å². The maximum Gasteiger partial charge on any atom is 0.236 e. The fourth-order valence-electron chi connectivity index (χ4n) is 1.56. The molecule has 0 aliphatic carbocycles. The Morgan fingerprint density at radius 2 is 2.22 bits per heavy atom. The first-order chi connectivity index (χ1) is 8.54. The Bertz CT molecular complexity index is 378. The zero-order valence-electron chi connectivity index (χ0n) is 11.6. The predicted octanol–water partition coefficient (Wildman–Crippen LogP) is 0.255. The number of carbonyl (C=O) groups excluding carboxylic acids is 1. The smallest absolute Gasteiger partial charge is 0.236 e. The van der Waals surface area contributed by atoms with E-state index in [1.165, 1.54) is 0 Å². The normalized spacial score (nSPS) is 10.9. The average Bonchev–Trinajstić information content (AvgIpc) is 2.72. The van der Waals surface area contributed by atoms with Gasteiger partial charge in [-0.15, -0.1) is 0 Å². The third-order valence-corrected chi connectivity index (χ3v) is 2.85. The van der Waals surface area contributed by atoms with E-state index in [0.29, 0.717) is 19.7 Å². The molecule has 1 heterocycles. The monoisotopic (exact) mass is 254 g/mol. The Morgan fingerprint density at radius 3 is 2.78 bits per heavy atom. The second kappa shape index (κ2) is 7.13. The summed E-state index contributed by atoms with van der Waals surface area (Å²) in [6.45, 7) is 4.32. The van der Waals surface area contributed by atoms with Gasteiger partial charge in [0, 0.05) is 38.5 Å². The first kappa shape index (κ1) is 14.7. The zero-order chi connectivity index (χ0) is 13.5. The van der Waals surface area contributed by atoms with Crippen LogP contribution in [0.4, 0.5) is 0 Å². The lowest BCUT2D eigenvalue weighted by Gasteiger charge is -2.21. The molecule has 0 bridgehead atoms. The minimum Gasteiger partial charge on any atom is -0.383 e. The number of likely N-dealkylation sites (N-methyl/N-ethyl adjacent to an activating group) is 2. The molecule has 6 nitrogen and oxygen atoms in total. The van der Waals surface area contributed by atoms with E-state index < -0.39 is 0 Å². The van der Waals surface area contributed by atoms with E-state index in [1.54, 1.807) is 25.3 Å². The SMILES string of the molecule is COCCN(C)CC(=O)N(C)Cc1cn[nH]c1C. The second-order valence-electron chi connectivity index (χ2n) is 4.50. The van der Waals surface area contributed by atoms with E-state index in [9.17, 15) is 4.79 Å². The summed E-state index contributed by atoms with van der Waals surface area (Å²) in [4.78, 5) is 15.6. The molecule has 0 spiro atoms. The Morgan fingerprint density at radius 1 is 1.50 bits per heavy atom. The van der Waals surface area contributed by atoms with Crippen LogP contribution in [0.2, 0.25) is 0 Å². The van der Waals surface area contributed by atoms with Gasteiger partial charge in [-0.3, -0.25) is 14.8 Å². The van der Waals surface area contributed by atoms with Gasteiger partial charge in [0.1, 0.15) is 0 Å². The number of aryl methyl sites for hydroxylation is 1. The van der Waals surface area contributed by atoms with Gasteiger partial charge in [-0.25, -0.2) is 0 Å². The highest BCUT2D eigenvalue weighted by Gasteiger charge is 2.13. The molecule has 0 radical (unpaired) electrons. The van der Waals surface area contributed by atoms with Crippen molar-refractivity contribution in [1.29, 1.82) is 0 Å². The van der Waals surface area contributed by atoms with E-state index in [-0.39, 0.29) is 5.91 Å². The van der Waals surface area contributed by atoms with Crippen molar-refractivity contribution in [2.45, 2.75) is 13.5 Å². The molecule has 0 atom stereocenters. The maximum atomic E-state index is 12.0. The molecule has 102 valence electrons. The molecule has 1 rings (SSSR count). The quantitative estimate of drug-likeness (QED) is 0.758. The van der Waals surface area contributed by atoms with Crippen LogP contribution in [-0.4, -0.2) is 66.8 Å². The first-order valence-electron chi connectivity index (χ1n) is 5.95. The first-order valence-corrected chi connectivity index (χ1v) is 5.95. The van der Waals surface area contributed by atoms with Crippen LogP contribution < -0.4 is 0 Å². The van der Waals surface area contributed by atoms with Crippen LogP contribution in [0.1, 0.15) is 11.3 Å². The van der Waals surface area contributed by atoms with Crippen molar-refractivity contribution < 1.29 is 9.53 Å². The second-order valence-corrected chi connectivity index (χ2v) is 4.50. The Hall–Kier alpha value is -1.40. The molecule has 1 aromatic heterocycles. The number of nitrogens with zero attached hydrogens (tertiary/aromatic N) is 3. The molecular weight excluding hydrogens is 232 g/mol. The predicted molar refractivity (Wildman–Crippen MR) is 69.2 cm³/mol. The van der Waals surface area contributed by atoms with Crippen molar-refractivity contribution in [3.05, 3.63) is 17.5 Å². The molecule has 0 saturated carbocycles. The van der Waals surface area contributed by atoms with Gasteiger partial charge < -0.3 is 9.64 Å². The number of H-pyrrole nitrogens is 1. The summed E-state index contributed by atoms with van der Waals surface area (Å²) in [6.07, 6.45) is 1.76. The van der Waals surface area contributed by atoms with Gasteiger partial charge in [-0.1, -0.05) is 0 Å². The summed E-state index contributed by atoms with van der Waals surface area (Å²) in [5, 5.41) is 6.81. The number of nitrogens with one attached hydrogen (secondary N) is 1. The Balaban J connectivity index is 2.39. The summed E-state index contributed by atoms with van der Waals surface area (Å²) in [7, 11) is 5.37. The van der Waals surface area contributed by atoms with Crippen LogP contribution in [0.3, 0.4) is 0 Å². The van der Waals surface area contributed by atoms with Gasteiger partial charge in [0.05, 0.1) is 19.3 Å². The van der Waals surface area contributed by atoms with Crippen molar-refractivity contribution in [2.24, 2.45) is 0 Å². The van der Waals surface area contributed by atoms with Crippen molar-refractivity contribution in [1.82, 2.24) is 20.0 Å². The molecule has 0 aromatic carbocycles. The lowest BCUT2D eigenvalue weighted by Crippen LogP contribution is -2.37. The lowest BCUT2D eigenvalue weighted by atomic mass is 10.2. The summed E-state index contributed by atoms with van der Waals surface area (Å²) in [5.74, 6) is 0.0919.